The monoisotopic (exact) mass is 348 g/mol. The molecule has 0 aliphatic carbocycles. The molecule has 0 aliphatic rings. The normalized spacial score (nSPS) is 10.8. The van der Waals surface area contributed by atoms with E-state index in [4.69, 9.17) is 5.73 Å². The fraction of sp³-hybridized carbons (Fsp3) is 0.500. The molecule has 0 saturated carbocycles. The number of rotatable bonds is 5. The molecule has 1 aromatic rings. The predicted molar refractivity (Wildman–Crippen MR) is 85.7 cm³/mol. The van der Waals surface area contributed by atoms with E-state index in [1.807, 2.05) is 32.9 Å². The van der Waals surface area contributed by atoms with Crippen LogP contribution in [0.5, 0.6) is 0 Å². The second kappa shape index (κ2) is 7.88. The molecule has 0 aromatic heterocycles. The van der Waals surface area contributed by atoms with Crippen LogP contribution in [0.15, 0.2) is 22.7 Å². The van der Waals surface area contributed by atoms with Crippen LogP contribution in [0.2, 0.25) is 0 Å². The first-order valence-electron chi connectivity index (χ1n) is 6.08. The van der Waals surface area contributed by atoms with Gasteiger partial charge >= 0.3 is 0 Å². The molecule has 0 heterocycles. The van der Waals surface area contributed by atoms with Gasteiger partial charge < -0.3 is 11.1 Å². The van der Waals surface area contributed by atoms with Gasteiger partial charge in [0.1, 0.15) is 0 Å². The third-order valence-corrected chi connectivity index (χ3v) is 3.49. The van der Waals surface area contributed by atoms with Gasteiger partial charge in [-0.15, -0.1) is 12.4 Å². The quantitative estimate of drug-likeness (QED) is 0.858. The second-order valence-electron chi connectivity index (χ2n) is 5.35. The first-order chi connectivity index (χ1) is 8.28. The van der Waals surface area contributed by atoms with E-state index in [-0.39, 0.29) is 23.9 Å². The number of carbonyl (C=O) groups excluding carboxylic acids is 1. The average Bonchev–Trinajstić information content (AvgIpc) is 2.27. The van der Waals surface area contributed by atoms with E-state index in [9.17, 15) is 4.79 Å². The smallest absolute Gasteiger partial charge is 0.220 e. The minimum absolute atomic E-state index is 0. The van der Waals surface area contributed by atoms with E-state index in [0.29, 0.717) is 13.0 Å². The molecule has 1 amide bonds. The summed E-state index contributed by atoms with van der Waals surface area (Å²) >= 11 is 3.46. The Kier molecular flexibility index (Phi) is 7.64. The average molecular weight is 350 g/mol. The molecular formula is C14H22BrClN2O. The minimum atomic E-state index is -0.357. The summed E-state index contributed by atoms with van der Waals surface area (Å²) in [5.41, 5.74) is 7.82. The molecule has 3 N–H and O–H groups in total. The van der Waals surface area contributed by atoms with Gasteiger partial charge in [-0.1, -0.05) is 28.1 Å². The largest absolute Gasteiger partial charge is 0.354 e. The minimum Gasteiger partial charge on any atom is -0.354 e. The molecule has 1 aromatic carbocycles. The lowest BCUT2D eigenvalue weighted by atomic mass is 10.1. The molecule has 5 heteroatoms. The summed E-state index contributed by atoms with van der Waals surface area (Å²) in [6, 6.07) is 6.16. The van der Waals surface area contributed by atoms with Gasteiger partial charge in [0.2, 0.25) is 5.91 Å². The van der Waals surface area contributed by atoms with Crippen molar-refractivity contribution in [2.75, 3.05) is 6.54 Å². The standard InChI is InChI=1S/C14H21BrN2O.ClH/c1-10-8-11(4-6-12(10)15)5-7-13(18)17-9-14(2,3)16;/h4,6,8H,5,7,9,16H2,1-3H3,(H,17,18);1H. The zero-order valence-corrected chi connectivity index (χ0v) is 14.0. The van der Waals surface area contributed by atoms with E-state index in [0.717, 1.165) is 10.9 Å². The number of aryl methyl sites for hydroxylation is 2. The molecular weight excluding hydrogens is 328 g/mol. The van der Waals surface area contributed by atoms with Gasteiger partial charge in [-0.25, -0.2) is 0 Å². The summed E-state index contributed by atoms with van der Waals surface area (Å²) in [6.07, 6.45) is 1.25. The van der Waals surface area contributed by atoms with Gasteiger partial charge in [0.25, 0.3) is 0 Å². The molecule has 0 radical (unpaired) electrons. The lowest BCUT2D eigenvalue weighted by molar-refractivity contribution is -0.121. The summed E-state index contributed by atoms with van der Waals surface area (Å²) in [7, 11) is 0. The van der Waals surface area contributed by atoms with Crippen LogP contribution in [0.4, 0.5) is 0 Å². The Morgan fingerprint density at radius 2 is 2.05 bits per heavy atom. The van der Waals surface area contributed by atoms with Crippen molar-refractivity contribution in [3.05, 3.63) is 33.8 Å². The number of halogens is 2. The first kappa shape index (κ1) is 18.4. The molecule has 108 valence electrons. The molecule has 0 atom stereocenters. The number of carbonyl (C=O) groups is 1. The lowest BCUT2D eigenvalue weighted by Gasteiger charge is -2.18. The van der Waals surface area contributed by atoms with Crippen molar-refractivity contribution in [2.24, 2.45) is 5.73 Å². The van der Waals surface area contributed by atoms with E-state index in [1.165, 1.54) is 11.1 Å². The Hall–Kier alpha value is -0.580. The molecule has 1 rings (SSSR count). The van der Waals surface area contributed by atoms with Crippen molar-refractivity contribution in [1.82, 2.24) is 5.32 Å². The summed E-state index contributed by atoms with van der Waals surface area (Å²) < 4.78 is 1.10. The van der Waals surface area contributed by atoms with E-state index in [2.05, 4.69) is 27.3 Å². The summed E-state index contributed by atoms with van der Waals surface area (Å²) in [4.78, 5) is 11.6. The molecule has 3 nitrogen and oxygen atoms in total. The van der Waals surface area contributed by atoms with Crippen LogP contribution < -0.4 is 11.1 Å². The zero-order valence-electron chi connectivity index (χ0n) is 11.6. The molecule has 0 fully saturated rings. The van der Waals surface area contributed by atoms with Gasteiger partial charge in [-0.2, -0.15) is 0 Å². The Bertz CT molecular complexity index is 430. The van der Waals surface area contributed by atoms with Crippen molar-refractivity contribution in [3.8, 4) is 0 Å². The van der Waals surface area contributed by atoms with Gasteiger partial charge in [0.05, 0.1) is 0 Å². The molecule has 19 heavy (non-hydrogen) atoms. The van der Waals surface area contributed by atoms with E-state index in [1.54, 1.807) is 0 Å². The highest BCUT2D eigenvalue weighted by Gasteiger charge is 2.12. The Balaban J connectivity index is 0.00000324. The maximum Gasteiger partial charge on any atom is 0.220 e. The Morgan fingerprint density at radius 1 is 1.42 bits per heavy atom. The first-order valence-corrected chi connectivity index (χ1v) is 6.88. The maximum absolute atomic E-state index is 11.6. The molecule has 0 unspecified atom stereocenters. The second-order valence-corrected chi connectivity index (χ2v) is 6.20. The van der Waals surface area contributed by atoms with Crippen LogP contribution >= 0.6 is 28.3 Å². The van der Waals surface area contributed by atoms with Gasteiger partial charge in [-0.05, 0) is 44.4 Å². The van der Waals surface area contributed by atoms with Gasteiger partial charge in [-0.3, -0.25) is 4.79 Å². The number of hydrogen-bond donors (Lipinski definition) is 2. The van der Waals surface area contributed by atoms with Crippen molar-refractivity contribution in [1.29, 1.82) is 0 Å². The van der Waals surface area contributed by atoms with Crippen LogP contribution in [-0.2, 0) is 11.2 Å². The summed E-state index contributed by atoms with van der Waals surface area (Å²) in [5.74, 6) is 0.0501. The lowest BCUT2D eigenvalue weighted by Crippen LogP contribution is -2.45. The van der Waals surface area contributed by atoms with Gasteiger partial charge in [0.15, 0.2) is 0 Å². The molecule has 0 bridgehead atoms. The van der Waals surface area contributed by atoms with Gasteiger partial charge in [0, 0.05) is 23.0 Å². The van der Waals surface area contributed by atoms with Crippen LogP contribution in [0.25, 0.3) is 0 Å². The van der Waals surface area contributed by atoms with Crippen LogP contribution in [0, 0.1) is 6.92 Å². The van der Waals surface area contributed by atoms with Crippen LogP contribution in [0.3, 0.4) is 0 Å². The number of nitrogens with two attached hydrogens (primary N) is 1. The summed E-state index contributed by atoms with van der Waals surface area (Å²) in [6.45, 7) is 6.34. The van der Waals surface area contributed by atoms with Crippen molar-refractivity contribution in [3.63, 3.8) is 0 Å². The molecule has 0 spiro atoms. The summed E-state index contributed by atoms with van der Waals surface area (Å²) in [5, 5.41) is 2.85. The highest BCUT2D eigenvalue weighted by Crippen LogP contribution is 2.17. The number of amides is 1. The zero-order chi connectivity index (χ0) is 13.8. The van der Waals surface area contributed by atoms with Crippen molar-refractivity contribution in [2.45, 2.75) is 39.2 Å². The highest BCUT2D eigenvalue weighted by molar-refractivity contribution is 9.10. The number of nitrogens with one attached hydrogen (secondary N) is 1. The highest BCUT2D eigenvalue weighted by atomic mass is 79.9. The SMILES string of the molecule is Cc1cc(CCC(=O)NCC(C)(C)N)ccc1Br.Cl. The van der Waals surface area contributed by atoms with Crippen molar-refractivity contribution >= 4 is 34.2 Å². The fourth-order valence-electron chi connectivity index (χ4n) is 1.53. The number of benzene rings is 1. The van der Waals surface area contributed by atoms with Crippen LogP contribution in [-0.4, -0.2) is 18.0 Å². The maximum atomic E-state index is 11.6. The Morgan fingerprint density at radius 3 is 2.58 bits per heavy atom. The predicted octanol–water partition coefficient (Wildman–Crippen LogP) is 2.97. The Labute approximate surface area is 129 Å². The molecule has 0 saturated heterocycles. The van der Waals surface area contributed by atoms with E-state index < -0.39 is 0 Å². The van der Waals surface area contributed by atoms with Crippen LogP contribution in [0.1, 0.15) is 31.4 Å². The van der Waals surface area contributed by atoms with Crippen molar-refractivity contribution < 1.29 is 4.79 Å². The third kappa shape index (κ3) is 7.55. The topological polar surface area (TPSA) is 55.1 Å². The number of hydrogen-bond acceptors (Lipinski definition) is 2. The third-order valence-electron chi connectivity index (χ3n) is 2.60. The fourth-order valence-corrected chi connectivity index (χ4v) is 1.78. The van der Waals surface area contributed by atoms with E-state index >= 15 is 0 Å². The molecule has 0 aliphatic heterocycles.